The summed E-state index contributed by atoms with van der Waals surface area (Å²) < 4.78 is 10.3. The van der Waals surface area contributed by atoms with Crippen LogP contribution in [0.15, 0.2) is 54.6 Å². The van der Waals surface area contributed by atoms with Gasteiger partial charge in [0.1, 0.15) is 0 Å². The lowest BCUT2D eigenvalue weighted by molar-refractivity contribution is 0.0202. The minimum Gasteiger partial charge on any atom is -0.450 e. The highest BCUT2D eigenvalue weighted by Crippen LogP contribution is 2.17. The van der Waals surface area contributed by atoms with Crippen LogP contribution >= 0.6 is 0 Å². The average Bonchev–Trinajstić information content (AvgIpc) is 2.55. The zero-order valence-electron chi connectivity index (χ0n) is 13.1. The summed E-state index contributed by atoms with van der Waals surface area (Å²) in [5.41, 5.74) is 2.03. The second-order valence-corrected chi connectivity index (χ2v) is 4.93. The molecule has 0 radical (unpaired) electrons. The summed E-state index contributed by atoms with van der Waals surface area (Å²) >= 11 is 0. The summed E-state index contributed by atoms with van der Waals surface area (Å²) in [6, 6.07) is 16.0. The van der Waals surface area contributed by atoms with Crippen molar-refractivity contribution >= 4 is 12.1 Å². The molecule has 23 heavy (non-hydrogen) atoms. The van der Waals surface area contributed by atoms with E-state index < -0.39 is 18.3 Å². The van der Waals surface area contributed by atoms with Crippen LogP contribution in [0.25, 0.3) is 0 Å². The predicted octanol–water partition coefficient (Wildman–Crippen LogP) is 3.60. The highest BCUT2D eigenvalue weighted by Gasteiger charge is 2.20. The first kappa shape index (κ1) is 16.5. The first-order chi connectivity index (χ1) is 11.1. The zero-order valence-corrected chi connectivity index (χ0v) is 13.1. The Morgan fingerprint density at radius 3 is 2.48 bits per heavy atom. The van der Waals surface area contributed by atoms with Gasteiger partial charge in [0.15, 0.2) is 0 Å². The number of aryl methyl sites for hydroxylation is 1. The monoisotopic (exact) mass is 313 g/mol. The normalized spacial score (nSPS) is 11.4. The number of carbonyl (C=O) groups excluding carboxylic acids is 2. The molecule has 0 bridgehead atoms. The number of esters is 1. The molecule has 1 amide bonds. The van der Waals surface area contributed by atoms with Gasteiger partial charge in [-0.1, -0.05) is 48.0 Å². The molecule has 120 valence electrons. The second kappa shape index (κ2) is 7.98. The number of amides is 1. The largest absolute Gasteiger partial charge is 0.450 e. The third-order valence-electron chi connectivity index (χ3n) is 3.11. The van der Waals surface area contributed by atoms with Crippen molar-refractivity contribution in [1.29, 1.82) is 0 Å². The van der Waals surface area contributed by atoms with Crippen LogP contribution in [-0.4, -0.2) is 18.7 Å². The molecule has 1 unspecified atom stereocenters. The maximum atomic E-state index is 12.3. The van der Waals surface area contributed by atoms with E-state index in [0.29, 0.717) is 11.1 Å². The first-order valence-electron chi connectivity index (χ1n) is 7.36. The fourth-order valence-corrected chi connectivity index (χ4v) is 2.04. The van der Waals surface area contributed by atoms with Crippen LogP contribution in [0.3, 0.4) is 0 Å². The van der Waals surface area contributed by atoms with Crippen molar-refractivity contribution in [3.63, 3.8) is 0 Å². The number of ether oxygens (including phenoxy) is 2. The SMILES string of the molecule is CCOC(=O)NC(OC(=O)c1cccc(C)c1)c1ccccc1. The number of rotatable bonds is 5. The minimum atomic E-state index is -0.914. The fourth-order valence-electron chi connectivity index (χ4n) is 2.04. The van der Waals surface area contributed by atoms with Crippen molar-refractivity contribution < 1.29 is 19.1 Å². The molecule has 0 aromatic heterocycles. The Balaban J connectivity index is 2.17. The molecule has 0 heterocycles. The third kappa shape index (κ3) is 4.85. The summed E-state index contributed by atoms with van der Waals surface area (Å²) in [5.74, 6) is -0.514. The molecule has 1 N–H and O–H groups in total. The quantitative estimate of drug-likeness (QED) is 0.676. The number of nitrogens with one attached hydrogen (secondary N) is 1. The molecule has 2 aromatic rings. The maximum absolute atomic E-state index is 12.3. The highest BCUT2D eigenvalue weighted by molar-refractivity contribution is 5.89. The van der Waals surface area contributed by atoms with Crippen molar-refractivity contribution in [1.82, 2.24) is 5.32 Å². The molecular weight excluding hydrogens is 294 g/mol. The Kier molecular flexibility index (Phi) is 5.74. The molecule has 0 fully saturated rings. The lowest BCUT2D eigenvalue weighted by Crippen LogP contribution is -2.32. The van der Waals surface area contributed by atoms with Crippen molar-refractivity contribution in [2.45, 2.75) is 20.1 Å². The summed E-state index contributed by atoms with van der Waals surface area (Å²) in [6.45, 7) is 3.83. The molecule has 1 atom stereocenters. The van der Waals surface area contributed by atoms with E-state index in [0.717, 1.165) is 5.56 Å². The number of hydrogen-bond acceptors (Lipinski definition) is 4. The Morgan fingerprint density at radius 1 is 1.09 bits per heavy atom. The molecule has 0 aliphatic heterocycles. The average molecular weight is 313 g/mol. The molecule has 2 aromatic carbocycles. The maximum Gasteiger partial charge on any atom is 0.410 e. The van der Waals surface area contributed by atoms with Gasteiger partial charge in [-0.25, -0.2) is 9.59 Å². The molecule has 0 aliphatic carbocycles. The predicted molar refractivity (Wildman–Crippen MR) is 85.9 cm³/mol. The standard InChI is InChI=1S/C18H19NO4/c1-3-22-18(21)19-16(14-9-5-4-6-10-14)23-17(20)15-11-7-8-13(2)12-15/h4-12,16H,3H2,1-2H3,(H,19,21). The summed E-state index contributed by atoms with van der Waals surface area (Å²) in [5, 5.41) is 2.55. The number of carbonyl (C=O) groups is 2. The van der Waals surface area contributed by atoms with E-state index in [1.807, 2.05) is 19.1 Å². The van der Waals surface area contributed by atoms with Gasteiger partial charge in [0.05, 0.1) is 12.2 Å². The third-order valence-corrected chi connectivity index (χ3v) is 3.11. The molecule has 5 heteroatoms. The number of hydrogen-bond donors (Lipinski definition) is 1. The Morgan fingerprint density at radius 2 is 1.83 bits per heavy atom. The van der Waals surface area contributed by atoms with Gasteiger partial charge >= 0.3 is 12.1 Å². The summed E-state index contributed by atoms with van der Waals surface area (Å²) in [4.78, 5) is 24.0. The first-order valence-corrected chi connectivity index (χ1v) is 7.36. The Labute approximate surface area is 135 Å². The molecule has 5 nitrogen and oxygen atoms in total. The van der Waals surface area contributed by atoms with Gasteiger partial charge in [-0.2, -0.15) is 0 Å². The summed E-state index contributed by atoms with van der Waals surface area (Å²) in [7, 11) is 0. The molecule has 0 saturated carbocycles. The Bertz CT molecular complexity index is 670. The van der Waals surface area contributed by atoms with E-state index in [1.54, 1.807) is 49.4 Å². The molecule has 0 spiro atoms. The van der Waals surface area contributed by atoms with E-state index in [4.69, 9.17) is 9.47 Å². The summed E-state index contributed by atoms with van der Waals surface area (Å²) in [6.07, 6.45) is -1.55. The van der Waals surface area contributed by atoms with Crippen molar-refractivity contribution in [2.24, 2.45) is 0 Å². The van der Waals surface area contributed by atoms with E-state index in [1.165, 1.54) is 0 Å². The molecule has 0 aliphatic rings. The highest BCUT2D eigenvalue weighted by atomic mass is 16.6. The van der Waals surface area contributed by atoms with Crippen LogP contribution in [0.5, 0.6) is 0 Å². The van der Waals surface area contributed by atoms with Gasteiger partial charge in [-0.15, -0.1) is 0 Å². The number of benzene rings is 2. The van der Waals surface area contributed by atoms with Gasteiger partial charge < -0.3 is 9.47 Å². The van der Waals surface area contributed by atoms with Crippen LogP contribution in [-0.2, 0) is 9.47 Å². The van der Waals surface area contributed by atoms with Crippen LogP contribution < -0.4 is 5.32 Å². The second-order valence-electron chi connectivity index (χ2n) is 4.93. The lowest BCUT2D eigenvalue weighted by atomic mass is 10.1. The van der Waals surface area contributed by atoms with Crippen molar-refractivity contribution in [3.8, 4) is 0 Å². The van der Waals surface area contributed by atoms with E-state index in [-0.39, 0.29) is 6.61 Å². The number of alkyl carbamates (subject to hydrolysis) is 1. The van der Waals surface area contributed by atoms with Crippen LogP contribution in [0.4, 0.5) is 4.79 Å². The van der Waals surface area contributed by atoms with Gasteiger partial charge in [0.25, 0.3) is 0 Å². The molecular formula is C18H19NO4. The zero-order chi connectivity index (χ0) is 16.7. The topological polar surface area (TPSA) is 64.6 Å². The van der Waals surface area contributed by atoms with E-state index in [2.05, 4.69) is 5.32 Å². The Hall–Kier alpha value is -2.82. The van der Waals surface area contributed by atoms with E-state index in [9.17, 15) is 9.59 Å². The van der Waals surface area contributed by atoms with Gasteiger partial charge in [0, 0.05) is 5.56 Å². The van der Waals surface area contributed by atoms with Crippen LogP contribution in [0.2, 0.25) is 0 Å². The van der Waals surface area contributed by atoms with E-state index >= 15 is 0 Å². The fraction of sp³-hybridized carbons (Fsp3) is 0.222. The van der Waals surface area contributed by atoms with Gasteiger partial charge in [0.2, 0.25) is 6.23 Å². The minimum absolute atomic E-state index is 0.235. The lowest BCUT2D eigenvalue weighted by Gasteiger charge is -2.19. The molecule has 2 rings (SSSR count). The smallest absolute Gasteiger partial charge is 0.410 e. The van der Waals surface area contributed by atoms with Gasteiger partial charge in [-0.3, -0.25) is 5.32 Å². The van der Waals surface area contributed by atoms with Crippen molar-refractivity contribution in [3.05, 3.63) is 71.3 Å². The van der Waals surface area contributed by atoms with Gasteiger partial charge in [-0.05, 0) is 26.0 Å². The van der Waals surface area contributed by atoms with Crippen molar-refractivity contribution in [2.75, 3.05) is 6.61 Å². The van der Waals surface area contributed by atoms with Crippen LogP contribution in [0, 0.1) is 6.92 Å². The molecule has 0 saturated heterocycles. The van der Waals surface area contributed by atoms with Crippen LogP contribution in [0.1, 0.15) is 34.6 Å².